The van der Waals surface area contributed by atoms with Gasteiger partial charge >= 0.3 is 5.90 Å². The number of carbonyl (C=O) groups excluding carboxylic acids is 1. The Morgan fingerprint density at radius 2 is 1.06 bits per heavy atom. The van der Waals surface area contributed by atoms with Crippen LogP contribution >= 0.6 is 0 Å². The number of ether oxygens (including phenoxy) is 1. The Morgan fingerprint density at radius 1 is 0.667 bits per heavy atom. The molecule has 0 spiro atoms. The molecule has 33 heavy (non-hydrogen) atoms. The molecule has 0 fully saturated rings. The van der Waals surface area contributed by atoms with Gasteiger partial charge in [-0.25, -0.2) is 0 Å². The molecule has 0 aliphatic heterocycles. The highest BCUT2D eigenvalue weighted by Gasteiger charge is 2.28. The van der Waals surface area contributed by atoms with Crippen LogP contribution in [0, 0.1) is 0 Å². The maximum atomic E-state index is 13.8. The molecule has 4 nitrogen and oxygen atoms in total. The van der Waals surface area contributed by atoms with Crippen LogP contribution in [0.15, 0.2) is 121 Å². The fraction of sp³-hybridized carbons (Fsp3) is 0.103. The summed E-state index contributed by atoms with van der Waals surface area (Å²) in [6.07, 6.45) is 0.0986. The Kier molecular flexibility index (Phi) is 7.29. The van der Waals surface area contributed by atoms with Crippen LogP contribution in [0.3, 0.4) is 0 Å². The zero-order chi connectivity index (χ0) is 22.9. The molecule has 0 aliphatic carbocycles. The van der Waals surface area contributed by atoms with Gasteiger partial charge in [-0.15, -0.1) is 4.58 Å². The molecule has 0 saturated carbocycles. The average molecular weight is 436 g/mol. The van der Waals surface area contributed by atoms with Gasteiger partial charge in [0.05, 0.1) is 6.61 Å². The summed E-state index contributed by atoms with van der Waals surface area (Å²) in [4.78, 5) is 15.5. The first-order chi connectivity index (χ1) is 16.3. The van der Waals surface area contributed by atoms with Crippen molar-refractivity contribution in [2.24, 2.45) is 0 Å². The minimum atomic E-state index is -0.0762. The van der Waals surface area contributed by atoms with Crippen molar-refractivity contribution in [2.45, 2.75) is 13.3 Å². The van der Waals surface area contributed by atoms with E-state index in [0.29, 0.717) is 12.5 Å². The van der Waals surface area contributed by atoms with E-state index in [2.05, 4.69) is 0 Å². The van der Waals surface area contributed by atoms with E-state index in [0.717, 1.165) is 22.7 Å². The van der Waals surface area contributed by atoms with Crippen molar-refractivity contribution in [2.75, 3.05) is 11.5 Å². The second kappa shape index (κ2) is 10.9. The van der Waals surface area contributed by atoms with E-state index in [-0.39, 0.29) is 12.3 Å². The zero-order valence-corrected chi connectivity index (χ0v) is 18.7. The van der Waals surface area contributed by atoms with Crippen molar-refractivity contribution in [1.82, 2.24) is 4.58 Å². The first kappa shape index (κ1) is 22.0. The number of carbonyl (C=O) groups is 1. The molecule has 0 radical (unpaired) electrons. The summed E-state index contributed by atoms with van der Waals surface area (Å²) >= 11 is 0. The van der Waals surface area contributed by atoms with E-state index in [4.69, 9.17) is 4.74 Å². The first-order valence-corrected chi connectivity index (χ1v) is 11.1. The molecule has 0 heterocycles. The maximum Gasteiger partial charge on any atom is 0.357 e. The van der Waals surface area contributed by atoms with E-state index in [1.165, 1.54) is 0 Å². The molecule has 0 unspecified atom stereocenters. The van der Waals surface area contributed by atoms with E-state index >= 15 is 0 Å². The summed E-state index contributed by atoms with van der Waals surface area (Å²) in [5.41, 5.74) is 3.50. The standard InChI is InChI=1S/C29H27N2O2/c1-2-33-29(31(26-19-11-5-12-20-26)27-21-13-6-14-22-27)23-28(32)30(24-15-7-3-8-16-24)25-17-9-4-10-18-25/h3-22H,2,23H2,1H3/q+1. The molecule has 4 rings (SSSR count). The summed E-state index contributed by atoms with van der Waals surface area (Å²) in [6.45, 7) is 2.39. The molecule has 164 valence electrons. The van der Waals surface area contributed by atoms with Crippen molar-refractivity contribution in [3.8, 4) is 0 Å². The Balaban J connectivity index is 1.81. The Labute approximate surface area is 195 Å². The molecule has 0 aromatic heterocycles. The van der Waals surface area contributed by atoms with Crippen LogP contribution in [-0.2, 0) is 9.53 Å². The number of para-hydroxylation sites is 4. The van der Waals surface area contributed by atoms with Gasteiger partial charge < -0.3 is 4.74 Å². The van der Waals surface area contributed by atoms with E-state index < -0.39 is 0 Å². The van der Waals surface area contributed by atoms with Crippen LogP contribution < -0.4 is 9.48 Å². The number of rotatable bonds is 7. The van der Waals surface area contributed by atoms with Crippen molar-refractivity contribution in [1.29, 1.82) is 0 Å². The number of nitrogens with zero attached hydrogens (tertiary/aromatic N) is 2. The minimum absolute atomic E-state index is 0.0762. The monoisotopic (exact) mass is 435 g/mol. The molecule has 0 atom stereocenters. The Bertz CT molecular complexity index is 1110. The second-order valence-electron chi connectivity index (χ2n) is 7.41. The fourth-order valence-electron chi connectivity index (χ4n) is 3.75. The maximum absolute atomic E-state index is 13.8. The molecule has 4 aromatic rings. The largest absolute Gasteiger partial charge is 0.447 e. The summed E-state index contributed by atoms with van der Waals surface area (Å²) in [5, 5.41) is 0. The highest BCUT2D eigenvalue weighted by atomic mass is 16.5. The molecular formula is C29H27N2O2+. The molecule has 0 bridgehead atoms. The molecule has 4 aromatic carbocycles. The van der Waals surface area contributed by atoms with Gasteiger partial charge in [0.25, 0.3) is 0 Å². The van der Waals surface area contributed by atoms with Crippen LogP contribution in [-0.4, -0.2) is 18.4 Å². The molecule has 4 heteroatoms. The van der Waals surface area contributed by atoms with Crippen LogP contribution in [0.4, 0.5) is 22.7 Å². The van der Waals surface area contributed by atoms with E-state index in [1.807, 2.05) is 133 Å². The van der Waals surface area contributed by atoms with Gasteiger partial charge in [0.1, 0.15) is 0 Å². The molecule has 1 amide bonds. The third kappa shape index (κ3) is 5.36. The van der Waals surface area contributed by atoms with E-state index in [9.17, 15) is 4.79 Å². The lowest BCUT2D eigenvalue weighted by Gasteiger charge is -2.23. The topological polar surface area (TPSA) is 32.5 Å². The number of anilines is 2. The summed E-state index contributed by atoms with van der Waals surface area (Å²) < 4.78 is 8.11. The number of amides is 1. The van der Waals surface area contributed by atoms with Gasteiger partial charge in [-0.1, -0.05) is 72.8 Å². The van der Waals surface area contributed by atoms with E-state index in [1.54, 1.807) is 4.90 Å². The lowest BCUT2D eigenvalue weighted by atomic mass is 10.2. The predicted molar refractivity (Wildman–Crippen MR) is 136 cm³/mol. The zero-order valence-electron chi connectivity index (χ0n) is 18.7. The number of benzene rings is 4. The van der Waals surface area contributed by atoms with Crippen LogP contribution in [0.5, 0.6) is 0 Å². The Hall–Kier alpha value is -4.18. The lowest BCUT2D eigenvalue weighted by molar-refractivity contribution is -0.117. The molecule has 0 N–H and O–H groups in total. The Morgan fingerprint density at radius 3 is 1.45 bits per heavy atom. The van der Waals surface area contributed by atoms with Crippen LogP contribution in [0.25, 0.3) is 0 Å². The summed E-state index contributed by atoms with van der Waals surface area (Å²) in [6, 6.07) is 39.4. The van der Waals surface area contributed by atoms with Crippen molar-refractivity contribution < 1.29 is 9.53 Å². The predicted octanol–water partition coefficient (Wildman–Crippen LogP) is 6.71. The smallest absolute Gasteiger partial charge is 0.357 e. The lowest BCUT2D eigenvalue weighted by Crippen LogP contribution is -2.32. The quantitative estimate of drug-likeness (QED) is 0.184. The normalized spacial score (nSPS) is 10.3. The summed E-state index contributed by atoms with van der Waals surface area (Å²) in [7, 11) is 0. The average Bonchev–Trinajstić information content (AvgIpc) is 2.87. The van der Waals surface area contributed by atoms with Crippen molar-refractivity contribution in [3.05, 3.63) is 121 Å². The first-order valence-electron chi connectivity index (χ1n) is 11.1. The van der Waals surface area contributed by atoms with Gasteiger partial charge in [0, 0.05) is 35.6 Å². The van der Waals surface area contributed by atoms with Gasteiger partial charge in [0.2, 0.25) is 17.3 Å². The molecule has 0 saturated heterocycles. The highest BCUT2D eigenvalue weighted by Crippen LogP contribution is 2.27. The van der Waals surface area contributed by atoms with Crippen molar-refractivity contribution in [3.63, 3.8) is 0 Å². The van der Waals surface area contributed by atoms with Gasteiger partial charge in [0.15, 0.2) is 6.42 Å². The van der Waals surface area contributed by atoms with Crippen molar-refractivity contribution >= 4 is 34.6 Å². The third-order valence-corrected chi connectivity index (χ3v) is 5.17. The van der Waals surface area contributed by atoms with Crippen LogP contribution in [0.1, 0.15) is 13.3 Å². The second-order valence-corrected chi connectivity index (χ2v) is 7.41. The van der Waals surface area contributed by atoms with Gasteiger partial charge in [-0.2, -0.15) is 0 Å². The van der Waals surface area contributed by atoms with Gasteiger partial charge in [-0.3, -0.25) is 9.69 Å². The SMILES string of the molecule is CCOC(CC(=O)N(c1ccccc1)c1ccccc1)=[N+](c1ccccc1)c1ccccc1. The molecule has 0 aliphatic rings. The van der Waals surface area contributed by atoms with Gasteiger partial charge in [-0.05, 0) is 31.2 Å². The third-order valence-electron chi connectivity index (χ3n) is 5.17. The minimum Gasteiger partial charge on any atom is -0.447 e. The number of hydrogen-bond donors (Lipinski definition) is 0. The highest BCUT2D eigenvalue weighted by molar-refractivity contribution is 6.10. The fourth-order valence-corrected chi connectivity index (χ4v) is 3.75. The molecular weight excluding hydrogens is 408 g/mol. The van der Waals surface area contributed by atoms with Crippen LogP contribution in [0.2, 0.25) is 0 Å². The summed E-state index contributed by atoms with van der Waals surface area (Å²) in [5.74, 6) is 0.504. The number of hydrogen-bond acceptors (Lipinski definition) is 2.